The fourth-order valence-corrected chi connectivity index (χ4v) is 3.30. The van der Waals surface area contributed by atoms with Crippen molar-refractivity contribution < 1.29 is 9.90 Å². The maximum absolute atomic E-state index is 12.0. The number of carbonyl (C=O) groups is 1. The van der Waals surface area contributed by atoms with Crippen LogP contribution in [0.4, 0.5) is 4.79 Å². The van der Waals surface area contributed by atoms with Gasteiger partial charge in [-0.05, 0) is 12.8 Å². The summed E-state index contributed by atoms with van der Waals surface area (Å²) in [7, 11) is 1.81. The third-order valence-corrected chi connectivity index (χ3v) is 4.91. The summed E-state index contributed by atoms with van der Waals surface area (Å²) in [6.45, 7) is 7.87. The lowest BCUT2D eigenvalue weighted by atomic mass is 9.86. The van der Waals surface area contributed by atoms with Gasteiger partial charge in [-0.15, -0.1) is 0 Å². The highest BCUT2D eigenvalue weighted by Crippen LogP contribution is 2.25. The number of aliphatic hydroxyl groups is 1. The molecular formula is C15H30N2O2S. The van der Waals surface area contributed by atoms with E-state index >= 15 is 0 Å². The minimum Gasteiger partial charge on any atom is -0.393 e. The number of urea groups is 1. The van der Waals surface area contributed by atoms with E-state index in [2.05, 4.69) is 26.1 Å². The van der Waals surface area contributed by atoms with Crippen LogP contribution >= 0.6 is 11.8 Å². The van der Waals surface area contributed by atoms with Crippen LogP contribution in [0.25, 0.3) is 0 Å². The molecular weight excluding hydrogens is 272 g/mol. The predicted octanol–water partition coefficient (Wildman–Crippen LogP) is 2.71. The van der Waals surface area contributed by atoms with E-state index in [-0.39, 0.29) is 22.8 Å². The van der Waals surface area contributed by atoms with Crippen molar-refractivity contribution in [1.82, 2.24) is 10.2 Å². The summed E-state index contributed by atoms with van der Waals surface area (Å²) in [5, 5.41) is 12.9. The number of hydrogen-bond acceptors (Lipinski definition) is 3. The van der Waals surface area contributed by atoms with Gasteiger partial charge in [-0.3, -0.25) is 0 Å². The van der Waals surface area contributed by atoms with Crippen molar-refractivity contribution in [1.29, 1.82) is 0 Å². The molecule has 1 saturated carbocycles. The zero-order chi connectivity index (χ0) is 15.2. The van der Waals surface area contributed by atoms with Crippen molar-refractivity contribution >= 4 is 17.8 Å². The largest absolute Gasteiger partial charge is 0.393 e. The Bertz CT molecular complexity index is 305. The van der Waals surface area contributed by atoms with E-state index in [1.54, 1.807) is 4.90 Å². The number of carbonyl (C=O) groups excluding carboxylic acids is 1. The van der Waals surface area contributed by atoms with Gasteiger partial charge in [0.1, 0.15) is 0 Å². The van der Waals surface area contributed by atoms with E-state index in [0.29, 0.717) is 13.1 Å². The molecule has 0 aromatic rings. The molecule has 118 valence electrons. The van der Waals surface area contributed by atoms with Crippen molar-refractivity contribution in [2.45, 2.75) is 57.3 Å². The Morgan fingerprint density at radius 3 is 2.60 bits per heavy atom. The number of rotatable bonds is 5. The Morgan fingerprint density at radius 1 is 1.35 bits per heavy atom. The standard InChI is InChI=1S/C15H30N2O2S/c1-15(2,3)20-10-9-16-14(19)17(4)11-12-7-5-6-8-13(12)18/h12-13,18H,5-11H2,1-4H3,(H,16,19)/t12-,13-/m1/s1. The molecule has 1 fully saturated rings. The Hall–Kier alpha value is -0.420. The molecule has 0 saturated heterocycles. The maximum Gasteiger partial charge on any atom is 0.317 e. The summed E-state index contributed by atoms with van der Waals surface area (Å²) in [5.74, 6) is 1.17. The Kier molecular flexibility index (Phi) is 7.17. The van der Waals surface area contributed by atoms with Gasteiger partial charge in [0.05, 0.1) is 6.10 Å². The minimum absolute atomic E-state index is 0.0303. The highest BCUT2D eigenvalue weighted by atomic mass is 32.2. The number of nitrogens with zero attached hydrogens (tertiary/aromatic N) is 1. The van der Waals surface area contributed by atoms with Crippen LogP contribution in [0, 0.1) is 5.92 Å². The summed E-state index contributed by atoms with van der Waals surface area (Å²) in [4.78, 5) is 13.7. The Labute approximate surface area is 127 Å². The molecule has 20 heavy (non-hydrogen) atoms. The Morgan fingerprint density at radius 2 is 2.00 bits per heavy atom. The van der Waals surface area contributed by atoms with Crippen LogP contribution in [0.1, 0.15) is 46.5 Å². The molecule has 5 heteroatoms. The van der Waals surface area contributed by atoms with Crippen LogP contribution in [0.3, 0.4) is 0 Å². The first kappa shape index (κ1) is 17.6. The van der Waals surface area contributed by atoms with Crippen LogP contribution in [-0.4, -0.2) is 52.8 Å². The molecule has 0 aromatic heterocycles. The van der Waals surface area contributed by atoms with Gasteiger partial charge in [0, 0.05) is 36.6 Å². The van der Waals surface area contributed by atoms with Gasteiger partial charge in [-0.25, -0.2) is 4.79 Å². The second-order valence-corrected chi connectivity index (χ2v) is 8.61. The van der Waals surface area contributed by atoms with Crippen molar-refractivity contribution in [2.24, 2.45) is 5.92 Å². The fraction of sp³-hybridized carbons (Fsp3) is 0.933. The molecule has 0 radical (unpaired) electrons. The van der Waals surface area contributed by atoms with Gasteiger partial charge in [-0.2, -0.15) is 11.8 Å². The third kappa shape index (κ3) is 6.84. The molecule has 1 aliphatic carbocycles. The lowest BCUT2D eigenvalue weighted by Gasteiger charge is -2.31. The molecule has 0 aromatic carbocycles. The van der Waals surface area contributed by atoms with Crippen LogP contribution in [0.2, 0.25) is 0 Å². The SMILES string of the molecule is CN(C[C@H]1CCCC[C@H]1O)C(=O)NCCSC(C)(C)C. The third-order valence-electron chi connectivity index (χ3n) is 3.64. The molecule has 0 unspecified atom stereocenters. The summed E-state index contributed by atoms with van der Waals surface area (Å²) in [6, 6.07) is -0.0303. The van der Waals surface area contributed by atoms with Gasteiger partial charge >= 0.3 is 6.03 Å². The first-order valence-corrected chi connectivity index (χ1v) is 8.59. The van der Waals surface area contributed by atoms with Crippen molar-refractivity contribution in [2.75, 3.05) is 25.9 Å². The highest BCUT2D eigenvalue weighted by molar-refractivity contribution is 8.00. The van der Waals surface area contributed by atoms with E-state index in [1.807, 2.05) is 18.8 Å². The molecule has 2 N–H and O–H groups in total. The summed E-state index contributed by atoms with van der Waals surface area (Å²) < 4.78 is 0.239. The van der Waals surface area contributed by atoms with E-state index in [9.17, 15) is 9.90 Å². The molecule has 0 spiro atoms. The number of thioether (sulfide) groups is 1. The average Bonchev–Trinajstić information content (AvgIpc) is 2.36. The van der Waals surface area contributed by atoms with Gasteiger partial charge in [0.25, 0.3) is 0 Å². The van der Waals surface area contributed by atoms with E-state index in [4.69, 9.17) is 0 Å². The number of hydrogen-bond donors (Lipinski definition) is 2. The summed E-state index contributed by atoms with van der Waals surface area (Å²) in [6.07, 6.45) is 3.94. The lowest BCUT2D eigenvalue weighted by molar-refractivity contribution is 0.0565. The van der Waals surface area contributed by atoms with Crippen molar-refractivity contribution in [3.8, 4) is 0 Å². The molecule has 2 atom stereocenters. The molecule has 0 aliphatic heterocycles. The van der Waals surface area contributed by atoms with Crippen LogP contribution in [-0.2, 0) is 0 Å². The van der Waals surface area contributed by atoms with Gasteiger partial charge in [0.2, 0.25) is 0 Å². The van der Waals surface area contributed by atoms with Crippen LogP contribution in [0.15, 0.2) is 0 Å². The second-order valence-electron chi connectivity index (χ2n) is 6.69. The van der Waals surface area contributed by atoms with Crippen molar-refractivity contribution in [3.63, 3.8) is 0 Å². The number of nitrogens with one attached hydrogen (secondary N) is 1. The Balaban J connectivity index is 2.21. The summed E-state index contributed by atoms with van der Waals surface area (Å²) in [5.41, 5.74) is 0. The molecule has 0 heterocycles. The van der Waals surface area contributed by atoms with E-state index < -0.39 is 0 Å². The smallest absolute Gasteiger partial charge is 0.317 e. The predicted molar refractivity (Wildman–Crippen MR) is 86.2 cm³/mol. The maximum atomic E-state index is 12.0. The lowest BCUT2D eigenvalue weighted by Crippen LogP contribution is -2.43. The van der Waals surface area contributed by atoms with Gasteiger partial charge in [-0.1, -0.05) is 33.6 Å². The van der Waals surface area contributed by atoms with Crippen molar-refractivity contribution in [3.05, 3.63) is 0 Å². The molecule has 2 amide bonds. The second kappa shape index (κ2) is 8.13. The first-order valence-electron chi connectivity index (χ1n) is 7.60. The molecule has 4 nitrogen and oxygen atoms in total. The topological polar surface area (TPSA) is 52.6 Å². The first-order chi connectivity index (χ1) is 9.29. The van der Waals surface area contributed by atoms with Crippen LogP contribution in [0.5, 0.6) is 0 Å². The quantitative estimate of drug-likeness (QED) is 0.768. The van der Waals surface area contributed by atoms with E-state index in [1.165, 1.54) is 6.42 Å². The summed E-state index contributed by atoms with van der Waals surface area (Å²) >= 11 is 1.85. The van der Waals surface area contributed by atoms with Crippen LogP contribution < -0.4 is 5.32 Å². The fourth-order valence-electron chi connectivity index (χ4n) is 2.49. The molecule has 1 aliphatic rings. The molecule has 1 rings (SSSR count). The zero-order valence-electron chi connectivity index (χ0n) is 13.3. The average molecular weight is 302 g/mol. The van der Waals surface area contributed by atoms with Gasteiger partial charge < -0.3 is 15.3 Å². The monoisotopic (exact) mass is 302 g/mol. The van der Waals surface area contributed by atoms with E-state index in [0.717, 1.165) is 25.0 Å². The molecule has 0 bridgehead atoms. The number of aliphatic hydroxyl groups excluding tert-OH is 1. The normalized spacial score (nSPS) is 23.4. The zero-order valence-corrected chi connectivity index (χ0v) is 14.1. The number of amides is 2. The van der Waals surface area contributed by atoms with Gasteiger partial charge in [0.15, 0.2) is 0 Å². The highest BCUT2D eigenvalue weighted by Gasteiger charge is 2.25. The minimum atomic E-state index is -0.240.